The molecule has 11 heteroatoms. The number of aromatic hydroxyl groups is 1. The second-order valence-electron chi connectivity index (χ2n) is 12.0. The number of hydrogen-bond acceptors (Lipinski definition) is 8. The van der Waals surface area contributed by atoms with Crippen molar-refractivity contribution in [1.82, 2.24) is 4.90 Å². The smallest absolute Gasteiger partial charge is 0.423 e. The van der Waals surface area contributed by atoms with Crippen molar-refractivity contribution in [3.8, 4) is 11.5 Å². The van der Waals surface area contributed by atoms with Crippen LogP contribution in [0.2, 0.25) is 5.02 Å². The summed E-state index contributed by atoms with van der Waals surface area (Å²) < 4.78 is 10.5. The highest BCUT2D eigenvalue weighted by molar-refractivity contribution is 6.32. The summed E-state index contributed by atoms with van der Waals surface area (Å²) in [6.45, 7) is 0. The predicted octanol–water partition coefficient (Wildman–Crippen LogP) is 4.98. The van der Waals surface area contributed by atoms with Crippen LogP contribution >= 0.6 is 11.6 Å². The minimum absolute atomic E-state index is 0.0317. The minimum atomic E-state index is -1.59. The Morgan fingerprint density at radius 3 is 2.35 bits per heavy atom. The van der Waals surface area contributed by atoms with Gasteiger partial charge in [-0.15, -0.1) is 0 Å². The average molecular weight is 641 g/mol. The van der Waals surface area contributed by atoms with E-state index in [0.29, 0.717) is 21.1 Å². The number of imide groups is 4. The molecule has 5 amide bonds. The monoisotopic (exact) mass is 640 g/mol. The molecular weight excluding hydrogens is 612 g/mol. The molecule has 10 nitrogen and oxygen atoms in total. The van der Waals surface area contributed by atoms with Crippen LogP contribution in [0.1, 0.15) is 29.9 Å². The third-order valence-corrected chi connectivity index (χ3v) is 10.3. The average Bonchev–Trinajstić information content (AvgIpc) is 3.45. The molecule has 0 bridgehead atoms. The largest absolute Gasteiger partial charge is 0.508 e. The third kappa shape index (κ3) is 3.92. The number of hydrogen-bond donors (Lipinski definition) is 1. The van der Waals surface area contributed by atoms with E-state index in [0.717, 1.165) is 12.0 Å². The summed E-state index contributed by atoms with van der Waals surface area (Å²) >= 11 is 6.33. The first-order valence-corrected chi connectivity index (χ1v) is 15.3. The zero-order valence-corrected chi connectivity index (χ0v) is 25.6. The van der Waals surface area contributed by atoms with Gasteiger partial charge in [-0.3, -0.25) is 19.2 Å². The summed E-state index contributed by atoms with van der Waals surface area (Å²) in [5.74, 6) is -6.86. The van der Waals surface area contributed by atoms with Crippen LogP contribution in [0.3, 0.4) is 0 Å². The fraction of sp³-hybridized carbons (Fsp3) is 0.286. The molecule has 234 valence electrons. The molecule has 0 radical (unpaired) electrons. The molecular formula is C35H29ClN2O8. The highest BCUT2D eigenvalue weighted by atomic mass is 35.5. The van der Waals surface area contributed by atoms with Gasteiger partial charge in [-0.25, -0.2) is 9.69 Å². The first-order chi connectivity index (χ1) is 22.2. The molecule has 3 fully saturated rings. The van der Waals surface area contributed by atoms with Crippen molar-refractivity contribution in [2.24, 2.45) is 23.7 Å². The molecule has 0 aromatic heterocycles. The van der Waals surface area contributed by atoms with Gasteiger partial charge < -0.3 is 14.6 Å². The van der Waals surface area contributed by atoms with E-state index in [1.165, 1.54) is 13.2 Å². The number of phenols is 1. The molecule has 2 aliphatic carbocycles. The second-order valence-corrected chi connectivity index (χ2v) is 12.4. The van der Waals surface area contributed by atoms with Gasteiger partial charge in [0.25, 0.3) is 0 Å². The van der Waals surface area contributed by atoms with Crippen LogP contribution in [0, 0.1) is 23.7 Å². The molecule has 1 N–H and O–H groups in total. The fourth-order valence-electron chi connectivity index (χ4n) is 8.33. The van der Waals surface area contributed by atoms with Crippen molar-refractivity contribution in [2.75, 3.05) is 19.1 Å². The van der Waals surface area contributed by atoms with Crippen LogP contribution in [0.4, 0.5) is 10.5 Å². The summed E-state index contributed by atoms with van der Waals surface area (Å²) in [5.41, 5.74) is 0.140. The number of benzene rings is 3. The van der Waals surface area contributed by atoms with Crippen molar-refractivity contribution in [3.05, 3.63) is 101 Å². The number of carbonyl (C=O) groups excluding carboxylic acids is 5. The number of amides is 5. The summed E-state index contributed by atoms with van der Waals surface area (Å²) in [4.78, 5) is 71.4. The Labute approximate surface area is 269 Å². The van der Waals surface area contributed by atoms with Gasteiger partial charge in [0.05, 0.1) is 43.1 Å². The van der Waals surface area contributed by atoms with Gasteiger partial charge in [-0.2, -0.15) is 4.90 Å². The molecule has 2 saturated heterocycles. The number of likely N-dealkylation sites (tertiary alicyclic amines) is 1. The number of fused-ring (bicyclic) bond motifs is 4. The van der Waals surface area contributed by atoms with Gasteiger partial charge in [-0.1, -0.05) is 65.7 Å². The Hall–Kier alpha value is -4.96. The fourth-order valence-corrected chi connectivity index (χ4v) is 8.51. The van der Waals surface area contributed by atoms with E-state index in [-0.39, 0.29) is 35.6 Å². The number of ether oxygens (including phenoxy) is 2. The number of phenolic OH excluding ortho intramolecular Hbond substituents is 1. The van der Waals surface area contributed by atoms with Crippen molar-refractivity contribution in [1.29, 1.82) is 0 Å². The molecule has 46 heavy (non-hydrogen) atoms. The molecule has 6 atom stereocenters. The van der Waals surface area contributed by atoms with Gasteiger partial charge in [0, 0.05) is 16.5 Å². The second kappa shape index (κ2) is 10.8. The Balaban J connectivity index is 1.53. The lowest BCUT2D eigenvalue weighted by Gasteiger charge is -2.50. The Bertz CT molecular complexity index is 1860. The molecule has 1 saturated carbocycles. The normalized spacial score (nSPS) is 28.4. The van der Waals surface area contributed by atoms with Crippen LogP contribution in [0.5, 0.6) is 11.5 Å². The molecule has 6 unspecified atom stereocenters. The maximum absolute atomic E-state index is 15.2. The van der Waals surface area contributed by atoms with Crippen LogP contribution in [-0.4, -0.2) is 53.9 Å². The number of methoxy groups -OCH3 is 2. The van der Waals surface area contributed by atoms with Gasteiger partial charge in [0.1, 0.15) is 11.5 Å². The number of carbonyl (C=O) groups is 5. The topological polar surface area (TPSA) is 131 Å². The Morgan fingerprint density at radius 2 is 1.65 bits per heavy atom. The number of anilines is 1. The van der Waals surface area contributed by atoms with E-state index in [4.69, 9.17) is 21.1 Å². The zero-order chi connectivity index (χ0) is 32.5. The van der Waals surface area contributed by atoms with E-state index in [1.807, 2.05) is 6.08 Å². The lowest BCUT2D eigenvalue weighted by Crippen LogP contribution is -2.53. The molecule has 3 aromatic carbocycles. The minimum Gasteiger partial charge on any atom is -0.508 e. The van der Waals surface area contributed by atoms with Gasteiger partial charge in [0.15, 0.2) is 0 Å². The predicted molar refractivity (Wildman–Crippen MR) is 165 cm³/mol. The van der Waals surface area contributed by atoms with Gasteiger partial charge in [0.2, 0.25) is 23.6 Å². The van der Waals surface area contributed by atoms with Gasteiger partial charge >= 0.3 is 6.09 Å². The number of nitrogens with zero attached hydrogens (tertiary/aromatic N) is 2. The summed E-state index contributed by atoms with van der Waals surface area (Å²) in [5, 5.41) is 11.9. The summed E-state index contributed by atoms with van der Waals surface area (Å²) in [6, 6.07) is 20.2. The first-order valence-electron chi connectivity index (χ1n) is 14.9. The molecule has 3 aromatic rings. The molecule has 2 heterocycles. The highest BCUT2D eigenvalue weighted by Crippen LogP contribution is 2.66. The summed E-state index contributed by atoms with van der Waals surface area (Å²) in [6.07, 6.45) is 0.897. The number of rotatable bonds is 4. The molecule has 2 aliphatic heterocycles. The van der Waals surface area contributed by atoms with Crippen molar-refractivity contribution in [3.63, 3.8) is 0 Å². The quantitative estimate of drug-likeness (QED) is 0.312. The van der Waals surface area contributed by atoms with Crippen molar-refractivity contribution >= 4 is 47.0 Å². The van der Waals surface area contributed by atoms with Crippen LogP contribution in [0.25, 0.3) is 0 Å². The molecule has 7 rings (SSSR count). The van der Waals surface area contributed by atoms with E-state index >= 15 is 4.79 Å². The van der Waals surface area contributed by atoms with Crippen LogP contribution < -0.4 is 9.64 Å². The van der Waals surface area contributed by atoms with Crippen LogP contribution in [0.15, 0.2) is 84.4 Å². The number of halogens is 1. The SMILES string of the molecule is COC(=O)N1C(=O)C2CC=C3C(CC4C(=O)N(c5cccc(Cl)c5)C(=O)C4(c4ccccc4)C3c3c(O)cccc3OC)C2C1=O. The Morgan fingerprint density at radius 1 is 0.913 bits per heavy atom. The van der Waals surface area contributed by atoms with Gasteiger partial charge in [-0.05, 0) is 54.7 Å². The number of allylic oxidation sites excluding steroid dienone is 2. The zero-order valence-electron chi connectivity index (χ0n) is 24.9. The standard InChI is InChI=1S/C35H29ClN2O8/c1-45-26-13-7-12-25(39)28(26)29-21-14-15-22-27(32(42)38(30(22)40)34(44)46-2)23(21)17-24-31(41)37(20-11-6-10-19(36)16-20)33(43)35(24,29)18-8-4-3-5-9-18/h3-14,16,22-24,27,29,39H,15,17H2,1-2H3. The third-order valence-electron chi connectivity index (χ3n) is 10.1. The first kappa shape index (κ1) is 29.7. The van der Waals surface area contributed by atoms with Crippen molar-refractivity contribution in [2.45, 2.75) is 24.2 Å². The molecule has 0 spiro atoms. The van der Waals surface area contributed by atoms with Crippen molar-refractivity contribution < 1.29 is 38.6 Å². The van der Waals surface area contributed by atoms with E-state index in [1.54, 1.807) is 66.7 Å². The van der Waals surface area contributed by atoms with E-state index in [2.05, 4.69) is 0 Å². The lowest BCUT2D eigenvalue weighted by atomic mass is 9.49. The molecule has 4 aliphatic rings. The maximum atomic E-state index is 15.2. The van der Waals surface area contributed by atoms with Crippen LogP contribution in [-0.2, 0) is 29.3 Å². The lowest BCUT2D eigenvalue weighted by molar-refractivity contribution is -0.138. The van der Waals surface area contributed by atoms with E-state index < -0.39 is 64.7 Å². The highest BCUT2D eigenvalue weighted by Gasteiger charge is 2.71. The maximum Gasteiger partial charge on any atom is 0.423 e. The van der Waals surface area contributed by atoms with E-state index in [9.17, 15) is 24.3 Å². The Kier molecular flexibility index (Phi) is 7.01. The summed E-state index contributed by atoms with van der Waals surface area (Å²) in [7, 11) is 2.54.